The predicted molar refractivity (Wildman–Crippen MR) is 124 cm³/mol. The third-order valence-corrected chi connectivity index (χ3v) is 6.03. The third-order valence-electron chi connectivity index (χ3n) is 5.20. The Morgan fingerprint density at radius 3 is 2.53 bits per heavy atom. The molecule has 0 amide bonds. The maximum atomic E-state index is 12.6. The van der Waals surface area contributed by atoms with Crippen LogP contribution in [0.25, 0.3) is 0 Å². The van der Waals surface area contributed by atoms with Crippen molar-refractivity contribution in [3.63, 3.8) is 0 Å². The van der Waals surface area contributed by atoms with E-state index in [1.165, 1.54) is 0 Å². The van der Waals surface area contributed by atoms with E-state index in [2.05, 4.69) is 50.4 Å². The number of fused-ring (bicyclic) bond motifs is 1. The monoisotopic (exact) mass is 484 g/mol. The largest absolute Gasteiger partial charge is 0.465 e. The SMILES string of the molecule is CCOC(=O)CN1[C@@H](c2ccccc2)c2cc(Br)ccc2N[C@@H]1c1ccccc1Cl. The molecule has 2 atom stereocenters. The molecule has 1 aliphatic rings. The van der Waals surface area contributed by atoms with Crippen LogP contribution in [0.15, 0.2) is 77.3 Å². The van der Waals surface area contributed by atoms with Crippen molar-refractivity contribution >= 4 is 39.2 Å². The van der Waals surface area contributed by atoms with Crippen LogP contribution in [0, 0.1) is 0 Å². The molecule has 1 aliphatic heterocycles. The highest BCUT2D eigenvalue weighted by Crippen LogP contribution is 2.45. The van der Waals surface area contributed by atoms with Gasteiger partial charge in [-0.3, -0.25) is 9.69 Å². The van der Waals surface area contributed by atoms with E-state index in [1.54, 1.807) is 0 Å². The van der Waals surface area contributed by atoms with Gasteiger partial charge in [0.25, 0.3) is 0 Å². The van der Waals surface area contributed by atoms with Gasteiger partial charge in [0, 0.05) is 20.7 Å². The van der Waals surface area contributed by atoms with E-state index in [0.29, 0.717) is 11.6 Å². The average Bonchev–Trinajstić information content (AvgIpc) is 2.74. The molecule has 30 heavy (non-hydrogen) atoms. The quantitative estimate of drug-likeness (QED) is 0.438. The molecule has 6 heteroatoms. The number of nitrogens with zero attached hydrogens (tertiary/aromatic N) is 1. The first-order chi connectivity index (χ1) is 14.6. The number of rotatable bonds is 5. The van der Waals surface area contributed by atoms with Crippen LogP contribution in [0.5, 0.6) is 0 Å². The Kier molecular flexibility index (Phi) is 6.42. The Morgan fingerprint density at radius 1 is 1.07 bits per heavy atom. The minimum absolute atomic E-state index is 0.127. The van der Waals surface area contributed by atoms with Crippen LogP contribution in [-0.4, -0.2) is 24.0 Å². The molecule has 0 fully saturated rings. The van der Waals surface area contributed by atoms with Gasteiger partial charge in [-0.05, 0) is 42.3 Å². The van der Waals surface area contributed by atoms with Crippen molar-refractivity contribution in [3.05, 3.63) is 99.0 Å². The normalized spacial score (nSPS) is 18.4. The molecule has 0 aromatic heterocycles. The molecule has 0 aliphatic carbocycles. The van der Waals surface area contributed by atoms with Crippen molar-refractivity contribution < 1.29 is 9.53 Å². The van der Waals surface area contributed by atoms with Crippen molar-refractivity contribution in [1.29, 1.82) is 0 Å². The number of ether oxygens (including phenoxy) is 1. The molecule has 1 heterocycles. The number of carbonyl (C=O) groups excluding carboxylic acids is 1. The van der Waals surface area contributed by atoms with Crippen LogP contribution < -0.4 is 5.32 Å². The number of halogens is 2. The molecule has 3 aromatic rings. The zero-order valence-electron chi connectivity index (χ0n) is 16.5. The minimum Gasteiger partial charge on any atom is -0.465 e. The Morgan fingerprint density at radius 2 is 1.80 bits per heavy atom. The van der Waals surface area contributed by atoms with Crippen LogP contribution in [0.2, 0.25) is 5.02 Å². The fourth-order valence-electron chi connectivity index (χ4n) is 3.95. The average molecular weight is 486 g/mol. The van der Waals surface area contributed by atoms with Crippen molar-refractivity contribution in [2.45, 2.75) is 19.1 Å². The van der Waals surface area contributed by atoms with Crippen molar-refractivity contribution in [1.82, 2.24) is 4.90 Å². The molecule has 0 radical (unpaired) electrons. The standard InChI is InChI=1S/C24H22BrClN2O2/c1-2-30-22(29)15-28-23(16-8-4-3-5-9-16)19-14-17(25)12-13-21(19)27-24(28)18-10-6-7-11-20(18)26/h3-14,23-24,27H,2,15H2,1H3/t23-,24-/m0/s1. The summed E-state index contributed by atoms with van der Waals surface area (Å²) in [5, 5.41) is 4.24. The first-order valence-electron chi connectivity index (χ1n) is 9.85. The third kappa shape index (κ3) is 4.24. The fraction of sp³-hybridized carbons (Fsp3) is 0.208. The van der Waals surface area contributed by atoms with E-state index >= 15 is 0 Å². The van der Waals surface area contributed by atoms with E-state index < -0.39 is 0 Å². The molecular weight excluding hydrogens is 464 g/mol. The van der Waals surface area contributed by atoms with Gasteiger partial charge in [-0.15, -0.1) is 0 Å². The predicted octanol–water partition coefficient (Wildman–Crippen LogP) is 6.18. The van der Waals surface area contributed by atoms with Crippen LogP contribution in [0.3, 0.4) is 0 Å². The molecule has 0 saturated heterocycles. The molecule has 0 saturated carbocycles. The Labute approximate surface area is 189 Å². The minimum atomic E-state index is -0.290. The molecular formula is C24H22BrClN2O2. The Hall–Kier alpha value is -2.34. The van der Waals surface area contributed by atoms with Gasteiger partial charge in [-0.25, -0.2) is 0 Å². The molecule has 0 bridgehead atoms. The first-order valence-corrected chi connectivity index (χ1v) is 11.0. The van der Waals surface area contributed by atoms with E-state index in [1.807, 2.05) is 55.5 Å². The molecule has 154 valence electrons. The van der Waals surface area contributed by atoms with Crippen molar-refractivity contribution in [2.24, 2.45) is 0 Å². The summed E-state index contributed by atoms with van der Waals surface area (Å²) in [6, 6.07) is 23.9. The second-order valence-electron chi connectivity index (χ2n) is 7.09. The summed E-state index contributed by atoms with van der Waals surface area (Å²) in [5.41, 5.74) is 4.11. The lowest BCUT2D eigenvalue weighted by atomic mass is 9.91. The number of hydrogen-bond acceptors (Lipinski definition) is 4. The van der Waals surface area contributed by atoms with E-state index in [-0.39, 0.29) is 24.7 Å². The van der Waals surface area contributed by atoms with Crippen molar-refractivity contribution in [2.75, 3.05) is 18.5 Å². The lowest BCUT2D eigenvalue weighted by Crippen LogP contribution is -2.44. The van der Waals surface area contributed by atoms with E-state index in [4.69, 9.17) is 16.3 Å². The fourth-order valence-corrected chi connectivity index (χ4v) is 4.56. The van der Waals surface area contributed by atoms with Crippen LogP contribution in [0.1, 0.15) is 35.8 Å². The maximum absolute atomic E-state index is 12.6. The van der Waals surface area contributed by atoms with Gasteiger partial charge in [0.15, 0.2) is 0 Å². The molecule has 0 unspecified atom stereocenters. The van der Waals surface area contributed by atoms with E-state index in [9.17, 15) is 4.79 Å². The first kappa shape index (κ1) is 20.9. The zero-order valence-corrected chi connectivity index (χ0v) is 18.9. The second kappa shape index (κ2) is 9.21. The summed E-state index contributed by atoms with van der Waals surface area (Å²) in [6.45, 7) is 2.29. The van der Waals surface area contributed by atoms with Gasteiger partial charge >= 0.3 is 5.97 Å². The zero-order chi connectivity index (χ0) is 21.1. The number of anilines is 1. The molecule has 3 aromatic carbocycles. The summed E-state index contributed by atoms with van der Waals surface area (Å²) >= 11 is 10.2. The second-order valence-corrected chi connectivity index (χ2v) is 8.41. The maximum Gasteiger partial charge on any atom is 0.320 e. The lowest BCUT2D eigenvalue weighted by molar-refractivity contribution is -0.145. The highest BCUT2D eigenvalue weighted by Gasteiger charge is 2.38. The molecule has 1 N–H and O–H groups in total. The van der Waals surface area contributed by atoms with Gasteiger partial charge in [-0.2, -0.15) is 0 Å². The van der Waals surface area contributed by atoms with Crippen molar-refractivity contribution in [3.8, 4) is 0 Å². The summed E-state index contributed by atoms with van der Waals surface area (Å²) in [7, 11) is 0. The Bertz CT molecular complexity index is 1040. The molecule has 0 spiro atoms. The summed E-state index contributed by atoms with van der Waals surface area (Å²) in [5.74, 6) is -0.268. The van der Waals surface area contributed by atoms with Crippen LogP contribution in [-0.2, 0) is 9.53 Å². The summed E-state index contributed by atoms with van der Waals surface area (Å²) in [4.78, 5) is 14.7. The molecule has 4 nitrogen and oxygen atoms in total. The number of carbonyl (C=O) groups is 1. The number of hydrogen-bond donors (Lipinski definition) is 1. The summed E-state index contributed by atoms with van der Waals surface area (Å²) in [6.07, 6.45) is -0.290. The number of esters is 1. The number of nitrogens with one attached hydrogen (secondary N) is 1. The van der Waals surface area contributed by atoms with Gasteiger partial charge in [-0.1, -0.05) is 76.1 Å². The van der Waals surface area contributed by atoms with E-state index in [0.717, 1.165) is 26.9 Å². The van der Waals surface area contributed by atoms with Gasteiger partial charge in [0.2, 0.25) is 0 Å². The number of benzene rings is 3. The van der Waals surface area contributed by atoms with Gasteiger partial charge in [0.1, 0.15) is 6.17 Å². The molecule has 4 rings (SSSR count). The van der Waals surface area contributed by atoms with Gasteiger partial charge < -0.3 is 10.1 Å². The Balaban J connectivity index is 1.89. The highest BCUT2D eigenvalue weighted by atomic mass is 79.9. The van der Waals surface area contributed by atoms with Crippen LogP contribution >= 0.6 is 27.5 Å². The highest BCUT2D eigenvalue weighted by molar-refractivity contribution is 9.10. The lowest BCUT2D eigenvalue weighted by Gasteiger charge is -2.44. The topological polar surface area (TPSA) is 41.6 Å². The van der Waals surface area contributed by atoms with Gasteiger partial charge in [0.05, 0.1) is 19.2 Å². The van der Waals surface area contributed by atoms with Crippen LogP contribution in [0.4, 0.5) is 5.69 Å². The smallest absolute Gasteiger partial charge is 0.320 e. The summed E-state index contributed by atoms with van der Waals surface area (Å²) < 4.78 is 6.29.